The Kier molecular flexibility index (Phi) is 5.23. The normalized spacial score (nSPS) is 24.2. The van der Waals surface area contributed by atoms with E-state index in [1.807, 2.05) is 24.8 Å². The maximum atomic E-state index is 12.7. The van der Waals surface area contributed by atoms with Gasteiger partial charge in [0.25, 0.3) is 5.91 Å². The molecule has 0 saturated carbocycles. The van der Waals surface area contributed by atoms with E-state index in [1.165, 1.54) is 0 Å². The molecule has 2 fully saturated rings. The second-order valence-corrected chi connectivity index (χ2v) is 6.98. The van der Waals surface area contributed by atoms with E-state index in [-0.39, 0.29) is 17.9 Å². The van der Waals surface area contributed by atoms with Gasteiger partial charge < -0.3 is 20.0 Å². The summed E-state index contributed by atoms with van der Waals surface area (Å²) < 4.78 is 5.48. The van der Waals surface area contributed by atoms with E-state index in [0.29, 0.717) is 30.3 Å². The van der Waals surface area contributed by atoms with E-state index in [2.05, 4.69) is 10.6 Å². The molecule has 2 saturated heterocycles. The lowest BCUT2D eigenvalue weighted by atomic mass is 9.97. The number of rotatable bonds is 4. The van der Waals surface area contributed by atoms with Crippen LogP contribution in [0.1, 0.15) is 47.6 Å². The monoisotopic (exact) mass is 333 g/mol. The number of nitrogens with one attached hydrogen (secondary N) is 2. The van der Waals surface area contributed by atoms with Crippen LogP contribution in [0.3, 0.4) is 0 Å². The zero-order valence-corrected chi connectivity index (χ0v) is 14.6. The van der Waals surface area contributed by atoms with Gasteiger partial charge in [0.05, 0.1) is 11.6 Å². The molecule has 6 heteroatoms. The minimum atomic E-state index is -0.0390. The maximum Gasteiger partial charge on any atom is 0.257 e. The van der Waals surface area contributed by atoms with Gasteiger partial charge in [-0.25, -0.2) is 0 Å². The van der Waals surface area contributed by atoms with Gasteiger partial charge in [0.2, 0.25) is 5.91 Å². The van der Waals surface area contributed by atoms with Crippen molar-refractivity contribution in [2.75, 3.05) is 26.2 Å². The first-order valence-corrected chi connectivity index (χ1v) is 8.92. The van der Waals surface area contributed by atoms with E-state index in [4.69, 9.17) is 4.42 Å². The molecular weight excluding hydrogens is 306 g/mol. The zero-order valence-electron chi connectivity index (χ0n) is 14.6. The number of piperidine rings is 1. The summed E-state index contributed by atoms with van der Waals surface area (Å²) in [5, 5.41) is 6.27. The highest BCUT2D eigenvalue weighted by atomic mass is 16.3. The fourth-order valence-electron chi connectivity index (χ4n) is 3.71. The van der Waals surface area contributed by atoms with Gasteiger partial charge in [-0.3, -0.25) is 9.59 Å². The van der Waals surface area contributed by atoms with Crippen LogP contribution < -0.4 is 10.6 Å². The molecule has 3 rings (SSSR count). The van der Waals surface area contributed by atoms with Crippen LogP contribution in [0.15, 0.2) is 10.5 Å². The van der Waals surface area contributed by atoms with Crippen molar-refractivity contribution in [3.63, 3.8) is 0 Å². The molecule has 2 N–H and O–H groups in total. The number of furan rings is 1. The van der Waals surface area contributed by atoms with Crippen LogP contribution in [0.25, 0.3) is 0 Å². The number of nitrogens with zero attached hydrogens (tertiary/aromatic N) is 1. The lowest BCUT2D eigenvalue weighted by molar-refractivity contribution is -0.123. The van der Waals surface area contributed by atoms with Crippen LogP contribution in [0.4, 0.5) is 0 Å². The van der Waals surface area contributed by atoms with Crippen LogP contribution in [-0.2, 0) is 4.79 Å². The third kappa shape index (κ3) is 3.80. The largest absolute Gasteiger partial charge is 0.466 e. The minimum absolute atomic E-state index is 0.0390. The number of likely N-dealkylation sites (tertiary alicyclic amines) is 1. The van der Waals surface area contributed by atoms with Crippen molar-refractivity contribution < 1.29 is 14.0 Å². The summed E-state index contributed by atoms with van der Waals surface area (Å²) >= 11 is 0. The van der Waals surface area contributed by atoms with Gasteiger partial charge in [-0.05, 0) is 58.1 Å². The summed E-state index contributed by atoms with van der Waals surface area (Å²) in [5.41, 5.74) is 0.660. The highest BCUT2D eigenvalue weighted by molar-refractivity contribution is 5.95. The Bertz CT molecular complexity index is 605. The zero-order chi connectivity index (χ0) is 17.1. The molecule has 1 aromatic rings. The summed E-state index contributed by atoms with van der Waals surface area (Å²) in [6, 6.07) is 1.78. The van der Waals surface area contributed by atoms with Crippen molar-refractivity contribution in [3.8, 4) is 0 Å². The molecule has 132 valence electrons. The van der Waals surface area contributed by atoms with Crippen LogP contribution in [0.2, 0.25) is 0 Å². The molecule has 3 heterocycles. The molecule has 6 nitrogen and oxygen atoms in total. The topological polar surface area (TPSA) is 74.6 Å². The second-order valence-electron chi connectivity index (χ2n) is 6.98. The molecular formula is C18H27N3O3. The predicted molar refractivity (Wildman–Crippen MR) is 90.8 cm³/mol. The predicted octanol–water partition coefficient (Wildman–Crippen LogP) is 1.62. The van der Waals surface area contributed by atoms with E-state index in [0.717, 1.165) is 44.5 Å². The molecule has 0 spiro atoms. The first-order chi connectivity index (χ1) is 11.5. The Balaban J connectivity index is 1.53. The second kappa shape index (κ2) is 7.38. The molecule has 0 aromatic carbocycles. The minimum Gasteiger partial charge on any atom is -0.466 e. The molecule has 1 aromatic heterocycles. The number of amides is 2. The van der Waals surface area contributed by atoms with E-state index < -0.39 is 0 Å². The summed E-state index contributed by atoms with van der Waals surface area (Å²) in [4.78, 5) is 26.7. The van der Waals surface area contributed by atoms with Gasteiger partial charge in [-0.15, -0.1) is 0 Å². The average molecular weight is 333 g/mol. The number of carbonyl (C=O) groups is 2. The molecule has 0 radical (unpaired) electrons. The Hall–Kier alpha value is -1.82. The molecule has 0 aliphatic carbocycles. The summed E-state index contributed by atoms with van der Waals surface area (Å²) in [5.74, 6) is 1.90. The Morgan fingerprint density at radius 3 is 2.83 bits per heavy atom. The van der Waals surface area contributed by atoms with Crippen LogP contribution >= 0.6 is 0 Å². The Morgan fingerprint density at radius 2 is 2.17 bits per heavy atom. The number of hydrogen-bond acceptors (Lipinski definition) is 4. The van der Waals surface area contributed by atoms with Crippen molar-refractivity contribution in [3.05, 3.63) is 23.2 Å². The molecule has 2 amide bonds. The molecule has 24 heavy (non-hydrogen) atoms. The maximum absolute atomic E-state index is 12.7. The number of aryl methyl sites for hydroxylation is 2. The van der Waals surface area contributed by atoms with Crippen molar-refractivity contribution in [1.82, 2.24) is 15.5 Å². The number of carbonyl (C=O) groups excluding carboxylic acids is 2. The highest BCUT2D eigenvalue weighted by Crippen LogP contribution is 2.21. The molecule has 2 atom stereocenters. The van der Waals surface area contributed by atoms with Crippen LogP contribution in [0.5, 0.6) is 0 Å². The lowest BCUT2D eigenvalue weighted by Crippen LogP contribution is -2.46. The van der Waals surface area contributed by atoms with Gasteiger partial charge in [0.15, 0.2) is 0 Å². The molecule has 2 aliphatic rings. The quantitative estimate of drug-likeness (QED) is 0.878. The van der Waals surface area contributed by atoms with Gasteiger partial charge in [0.1, 0.15) is 11.5 Å². The smallest absolute Gasteiger partial charge is 0.257 e. The van der Waals surface area contributed by atoms with Gasteiger partial charge in [-0.2, -0.15) is 0 Å². The summed E-state index contributed by atoms with van der Waals surface area (Å²) in [6.07, 6.45) is 4.00. The van der Waals surface area contributed by atoms with Crippen molar-refractivity contribution >= 4 is 11.8 Å². The molecule has 0 bridgehead atoms. The van der Waals surface area contributed by atoms with Crippen LogP contribution in [-0.4, -0.2) is 48.9 Å². The van der Waals surface area contributed by atoms with E-state index in [1.54, 1.807) is 0 Å². The van der Waals surface area contributed by atoms with Gasteiger partial charge in [0, 0.05) is 19.6 Å². The van der Waals surface area contributed by atoms with E-state index >= 15 is 0 Å². The fraction of sp³-hybridized carbons (Fsp3) is 0.667. The van der Waals surface area contributed by atoms with Crippen molar-refractivity contribution in [2.45, 2.75) is 45.6 Å². The fourth-order valence-corrected chi connectivity index (χ4v) is 3.71. The van der Waals surface area contributed by atoms with Crippen molar-refractivity contribution in [1.29, 1.82) is 0 Å². The molecule has 0 unspecified atom stereocenters. The summed E-state index contributed by atoms with van der Waals surface area (Å²) in [7, 11) is 0. The standard InChI is InChI=1S/C18H27N3O3/c1-12-9-15(13(2)24-12)18(23)21-8-4-5-14(11-21)10-20-17(22)16-6-3-7-19-16/h9,14,16,19H,3-8,10-11H2,1-2H3,(H,20,22)/t14-,16-/m1/s1. The van der Waals surface area contributed by atoms with E-state index in [9.17, 15) is 9.59 Å². The SMILES string of the molecule is Cc1cc(C(=O)N2CCC[C@H](CNC(=O)[C@H]3CCCN3)C2)c(C)o1. The van der Waals surface area contributed by atoms with Gasteiger partial charge >= 0.3 is 0 Å². The highest BCUT2D eigenvalue weighted by Gasteiger charge is 2.28. The Labute approximate surface area is 143 Å². The third-order valence-electron chi connectivity index (χ3n) is 5.02. The van der Waals surface area contributed by atoms with Gasteiger partial charge in [-0.1, -0.05) is 0 Å². The number of hydrogen-bond donors (Lipinski definition) is 2. The van der Waals surface area contributed by atoms with Crippen molar-refractivity contribution in [2.24, 2.45) is 5.92 Å². The first kappa shape index (κ1) is 17.0. The first-order valence-electron chi connectivity index (χ1n) is 8.92. The third-order valence-corrected chi connectivity index (χ3v) is 5.02. The lowest BCUT2D eigenvalue weighted by Gasteiger charge is -2.33. The molecule has 2 aliphatic heterocycles. The Morgan fingerprint density at radius 1 is 1.33 bits per heavy atom. The van der Waals surface area contributed by atoms with Crippen LogP contribution in [0, 0.1) is 19.8 Å². The summed E-state index contributed by atoms with van der Waals surface area (Å²) in [6.45, 7) is 6.72. The average Bonchev–Trinajstić information content (AvgIpc) is 3.22.